The number of benzene rings is 1. The van der Waals surface area contributed by atoms with Crippen LogP contribution in [0.15, 0.2) is 23.1 Å². The van der Waals surface area contributed by atoms with Crippen LogP contribution in [0.2, 0.25) is 0 Å². The molecule has 0 spiro atoms. The van der Waals surface area contributed by atoms with Crippen molar-refractivity contribution in [2.24, 2.45) is 0 Å². The Hall–Kier alpha value is -2.08. The number of hydrogen-bond acceptors (Lipinski definition) is 4. The summed E-state index contributed by atoms with van der Waals surface area (Å²) in [6, 6.07) is 3.41. The summed E-state index contributed by atoms with van der Waals surface area (Å²) in [5.74, 6) is -0.745. The van der Waals surface area contributed by atoms with Crippen LogP contribution in [0, 0.1) is 11.3 Å². The zero-order valence-corrected chi connectivity index (χ0v) is 12.8. The molecule has 1 aliphatic carbocycles. The number of carbonyl (C=O) groups excluding carboxylic acids is 1. The predicted molar refractivity (Wildman–Crippen MR) is 74.0 cm³/mol. The van der Waals surface area contributed by atoms with Gasteiger partial charge in [0.2, 0.25) is 5.91 Å². The first kappa shape index (κ1) is 17.3. The van der Waals surface area contributed by atoms with Gasteiger partial charge in [0.05, 0.1) is 22.1 Å². The summed E-state index contributed by atoms with van der Waals surface area (Å²) in [5, 5.41) is 9.70. The van der Waals surface area contributed by atoms with E-state index in [9.17, 15) is 26.4 Å². The molecule has 0 radical (unpaired) electrons. The lowest BCUT2D eigenvalue weighted by molar-refractivity contribution is -0.137. The molecule has 0 bridgehead atoms. The van der Waals surface area contributed by atoms with Crippen molar-refractivity contribution in [3.8, 4) is 6.07 Å². The molecule has 9 heteroatoms. The zero-order chi connectivity index (χ0) is 17.4. The van der Waals surface area contributed by atoms with Gasteiger partial charge >= 0.3 is 6.18 Å². The molecule has 1 amide bonds. The number of halogens is 3. The second kappa shape index (κ2) is 5.85. The summed E-state index contributed by atoms with van der Waals surface area (Å²) in [6.07, 6.45) is -3.35. The van der Waals surface area contributed by atoms with Crippen LogP contribution >= 0.6 is 0 Å². The Morgan fingerprint density at radius 1 is 1.39 bits per heavy atom. The lowest BCUT2D eigenvalue weighted by Gasteiger charge is -2.15. The Bertz CT molecular complexity index is 777. The van der Waals surface area contributed by atoms with Crippen molar-refractivity contribution < 1.29 is 26.4 Å². The highest BCUT2D eigenvalue weighted by Crippen LogP contribution is 2.34. The molecule has 0 unspecified atom stereocenters. The monoisotopic (exact) mass is 346 g/mol. The van der Waals surface area contributed by atoms with Gasteiger partial charge < -0.3 is 5.32 Å². The van der Waals surface area contributed by atoms with Crippen LogP contribution in [0.5, 0.6) is 0 Å². The third-order valence-electron chi connectivity index (χ3n) is 3.50. The Morgan fingerprint density at radius 3 is 2.48 bits per heavy atom. The van der Waals surface area contributed by atoms with E-state index in [1.165, 1.54) is 6.07 Å². The van der Waals surface area contributed by atoms with Crippen LogP contribution in [-0.2, 0) is 20.8 Å². The molecule has 5 nitrogen and oxygen atoms in total. The average Bonchev–Trinajstić information content (AvgIpc) is 3.28. The first-order chi connectivity index (χ1) is 10.6. The Balaban J connectivity index is 2.39. The third-order valence-corrected chi connectivity index (χ3v) is 5.56. The van der Waals surface area contributed by atoms with E-state index in [0.717, 1.165) is 31.9 Å². The van der Waals surface area contributed by atoms with Crippen molar-refractivity contribution in [1.82, 2.24) is 5.32 Å². The van der Waals surface area contributed by atoms with Crippen molar-refractivity contribution >= 4 is 15.7 Å². The zero-order valence-electron chi connectivity index (χ0n) is 12.0. The minimum Gasteiger partial charge on any atom is -0.352 e. The van der Waals surface area contributed by atoms with Crippen LogP contribution in [0.4, 0.5) is 13.2 Å². The highest BCUT2D eigenvalue weighted by molar-refractivity contribution is 7.92. The van der Waals surface area contributed by atoms with Gasteiger partial charge in [0, 0.05) is 6.04 Å². The molecule has 0 aromatic heterocycles. The summed E-state index contributed by atoms with van der Waals surface area (Å²) in [7, 11) is -4.29. The summed E-state index contributed by atoms with van der Waals surface area (Å²) in [6.45, 7) is 1.12. The van der Waals surface area contributed by atoms with Crippen molar-refractivity contribution in [3.05, 3.63) is 29.3 Å². The number of nitrogens with zero attached hydrogens (tertiary/aromatic N) is 1. The Kier molecular flexibility index (Phi) is 4.39. The molecular weight excluding hydrogens is 333 g/mol. The van der Waals surface area contributed by atoms with Crippen LogP contribution < -0.4 is 5.32 Å². The molecule has 1 saturated carbocycles. The second-order valence-electron chi connectivity index (χ2n) is 5.29. The molecule has 1 N–H and O–H groups in total. The minimum atomic E-state index is -4.86. The number of sulfone groups is 1. The van der Waals surface area contributed by atoms with Crippen molar-refractivity contribution in [3.63, 3.8) is 0 Å². The van der Waals surface area contributed by atoms with Crippen molar-refractivity contribution in [2.75, 3.05) is 0 Å². The van der Waals surface area contributed by atoms with Gasteiger partial charge in [-0.05, 0) is 38.0 Å². The number of carbonyl (C=O) groups is 1. The van der Waals surface area contributed by atoms with Gasteiger partial charge in [0.15, 0.2) is 9.84 Å². The van der Waals surface area contributed by atoms with E-state index >= 15 is 0 Å². The van der Waals surface area contributed by atoms with Crippen molar-refractivity contribution in [2.45, 2.75) is 42.1 Å². The summed E-state index contributed by atoms with van der Waals surface area (Å²) < 4.78 is 63.4. The van der Waals surface area contributed by atoms with Crippen LogP contribution in [0.25, 0.3) is 0 Å². The van der Waals surface area contributed by atoms with E-state index < -0.39 is 43.2 Å². The second-order valence-corrected chi connectivity index (χ2v) is 7.56. The number of hydrogen-bond donors (Lipinski definition) is 1. The molecule has 0 saturated heterocycles. The molecular formula is C14H13F3N2O3S. The first-order valence-electron chi connectivity index (χ1n) is 6.73. The minimum absolute atomic E-state index is 0.0631. The molecule has 2 rings (SSSR count). The standard InChI is InChI=1S/C14H13F3N2O3S/c1-8(13(20)19-10-3-4-10)23(21,22)11-5-2-9(7-18)12(6-11)14(15,16)17/h2,5-6,8,10H,3-4H2,1H3,(H,19,20)/t8-/m0/s1. The molecule has 124 valence electrons. The lowest BCUT2D eigenvalue weighted by Crippen LogP contribution is -2.39. The van der Waals surface area contributed by atoms with E-state index in [1.54, 1.807) is 0 Å². The Morgan fingerprint density at radius 2 is 2.00 bits per heavy atom. The summed E-state index contributed by atoms with van der Waals surface area (Å²) >= 11 is 0. The average molecular weight is 346 g/mol. The SMILES string of the molecule is C[C@@H](C(=O)NC1CC1)S(=O)(=O)c1ccc(C#N)c(C(F)(F)F)c1. The predicted octanol–water partition coefficient (Wildman–Crippen LogP) is 2.02. The molecule has 1 atom stereocenters. The van der Waals surface area contributed by atoms with Gasteiger partial charge in [-0.15, -0.1) is 0 Å². The number of amides is 1. The molecule has 1 fully saturated rings. The molecule has 1 aromatic carbocycles. The fourth-order valence-electron chi connectivity index (χ4n) is 1.92. The normalized spacial score (nSPS) is 16.5. The fraction of sp³-hybridized carbons (Fsp3) is 0.429. The van der Waals surface area contributed by atoms with E-state index in [-0.39, 0.29) is 6.04 Å². The number of nitriles is 1. The maximum absolute atomic E-state index is 12.9. The van der Waals surface area contributed by atoms with Crippen LogP contribution in [0.1, 0.15) is 30.9 Å². The maximum Gasteiger partial charge on any atom is 0.417 e. The molecule has 23 heavy (non-hydrogen) atoms. The van der Waals surface area contributed by atoms with E-state index in [4.69, 9.17) is 5.26 Å². The molecule has 0 heterocycles. The van der Waals surface area contributed by atoms with Gasteiger partial charge in [-0.1, -0.05) is 0 Å². The van der Waals surface area contributed by atoms with E-state index in [0.29, 0.717) is 6.07 Å². The molecule has 1 aromatic rings. The topological polar surface area (TPSA) is 87.0 Å². The summed E-state index contributed by atoms with van der Waals surface area (Å²) in [4.78, 5) is 11.2. The lowest BCUT2D eigenvalue weighted by atomic mass is 10.1. The molecule has 1 aliphatic rings. The van der Waals surface area contributed by atoms with Crippen molar-refractivity contribution in [1.29, 1.82) is 5.26 Å². The quantitative estimate of drug-likeness (QED) is 0.903. The number of rotatable bonds is 4. The number of nitrogens with one attached hydrogen (secondary N) is 1. The van der Waals surface area contributed by atoms with E-state index in [1.807, 2.05) is 0 Å². The van der Waals surface area contributed by atoms with E-state index in [2.05, 4.69) is 5.32 Å². The maximum atomic E-state index is 12.9. The van der Waals surface area contributed by atoms with Gasteiger partial charge in [0.1, 0.15) is 5.25 Å². The molecule has 0 aliphatic heterocycles. The first-order valence-corrected chi connectivity index (χ1v) is 8.27. The summed E-state index contributed by atoms with van der Waals surface area (Å²) in [5.41, 5.74) is -2.01. The Labute approximate surface area is 131 Å². The highest BCUT2D eigenvalue weighted by Gasteiger charge is 2.37. The van der Waals surface area contributed by atoms with Gasteiger partial charge in [-0.3, -0.25) is 4.79 Å². The fourth-order valence-corrected chi connectivity index (χ4v) is 3.22. The third kappa shape index (κ3) is 3.64. The smallest absolute Gasteiger partial charge is 0.352 e. The van der Waals surface area contributed by atoms with Gasteiger partial charge in [-0.2, -0.15) is 18.4 Å². The largest absolute Gasteiger partial charge is 0.417 e. The van der Waals surface area contributed by atoms with Crippen LogP contribution in [0.3, 0.4) is 0 Å². The van der Waals surface area contributed by atoms with Gasteiger partial charge in [-0.25, -0.2) is 8.42 Å². The van der Waals surface area contributed by atoms with Gasteiger partial charge in [0.25, 0.3) is 0 Å². The van der Waals surface area contributed by atoms with Crippen LogP contribution in [-0.4, -0.2) is 25.6 Å². The highest BCUT2D eigenvalue weighted by atomic mass is 32.2. The number of alkyl halides is 3.